The molecule has 2 heterocycles. The minimum Gasteiger partial charge on any atom is -0.453 e. The summed E-state index contributed by atoms with van der Waals surface area (Å²) < 4.78 is 24.5. The van der Waals surface area contributed by atoms with Gasteiger partial charge in [0.15, 0.2) is 5.82 Å². The fourth-order valence-corrected chi connectivity index (χ4v) is 5.85. The molecule has 2 saturated carbocycles. The van der Waals surface area contributed by atoms with Crippen molar-refractivity contribution in [2.45, 2.75) is 77.5 Å². The number of carbonyl (C=O) groups excluding carboxylic acids is 1. The van der Waals surface area contributed by atoms with Gasteiger partial charge in [0.1, 0.15) is 5.82 Å². The van der Waals surface area contributed by atoms with Crippen LogP contribution in [0.2, 0.25) is 0 Å². The quantitative estimate of drug-likeness (QED) is 0.749. The number of aromatic nitrogens is 2. The number of likely N-dealkylation sites (tertiary alicyclic amines) is 1. The molecule has 1 saturated heterocycles. The Balaban J connectivity index is 0.00000240. The Morgan fingerprint density at radius 1 is 1.28 bits per heavy atom. The summed E-state index contributed by atoms with van der Waals surface area (Å²) in [6, 6.07) is 0.236. The van der Waals surface area contributed by atoms with Crippen molar-refractivity contribution in [3.05, 3.63) is 24.0 Å². The molecule has 1 aromatic heterocycles. The molecule has 6 nitrogen and oxygen atoms in total. The first-order chi connectivity index (χ1) is 13.4. The number of rotatable bonds is 4. The SMILES string of the molecule is C.COC(=O)N1[C@H](C)C[C@H](C)[C@@H]1CO[C@H]1CC[C@@]2(c3ncc(F)cn3)C(C)C2C1. The molecule has 0 radical (unpaired) electrons. The minimum absolute atomic E-state index is 0. The van der Waals surface area contributed by atoms with E-state index in [1.54, 1.807) is 0 Å². The molecule has 0 spiro atoms. The van der Waals surface area contributed by atoms with Crippen molar-refractivity contribution in [1.29, 1.82) is 0 Å². The summed E-state index contributed by atoms with van der Waals surface area (Å²) in [6.45, 7) is 7.02. The van der Waals surface area contributed by atoms with Crippen molar-refractivity contribution in [1.82, 2.24) is 14.9 Å². The van der Waals surface area contributed by atoms with E-state index in [1.165, 1.54) is 19.5 Å². The molecule has 162 valence electrons. The van der Waals surface area contributed by atoms with Crippen LogP contribution in [-0.2, 0) is 14.9 Å². The van der Waals surface area contributed by atoms with E-state index in [1.807, 2.05) is 4.90 Å². The summed E-state index contributed by atoms with van der Waals surface area (Å²) in [7, 11) is 1.43. The lowest BCUT2D eigenvalue weighted by atomic mass is 9.85. The van der Waals surface area contributed by atoms with E-state index in [9.17, 15) is 9.18 Å². The van der Waals surface area contributed by atoms with Crippen LogP contribution in [0.4, 0.5) is 9.18 Å². The van der Waals surface area contributed by atoms with Crippen molar-refractivity contribution < 1.29 is 18.7 Å². The predicted octanol–water partition coefficient (Wildman–Crippen LogP) is 4.19. The molecule has 3 aliphatic rings. The van der Waals surface area contributed by atoms with Crippen molar-refractivity contribution >= 4 is 6.09 Å². The van der Waals surface area contributed by atoms with Crippen molar-refractivity contribution in [2.75, 3.05) is 13.7 Å². The van der Waals surface area contributed by atoms with E-state index < -0.39 is 5.82 Å². The molecule has 2 aliphatic carbocycles. The van der Waals surface area contributed by atoms with E-state index >= 15 is 0 Å². The lowest BCUT2D eigenvalue weighted by Crippen LogP contribution is -2.44. The number of ether oxygens (including phenoxy) is 2. The number of hydrogen-bond donors (Lipinski definition) is 0. The highest BCUT2D eigenvalue weighted by molar-refractivity contribution is 5.68. The van der Waals surface area contributed by atoms with Crippen molar-refractivity contribution in [2.24, 2.45) is 17.8 Å². The molecular weight excluding hydrogens is 373 g/mol. The highest BCUT2D eigenvalue weighted by atomic mass is 19.1. The number of halogens is 1. The van der Waals surface area contributed by atoms with Crippen LogP contribution in [0, 0.1) is 23.6 Å². The van der Waals surface area contributed by atoms with Gasteiger partial charge in [0.25, 0.3) is 0 Å². The largest absolute Gasteiger partial charge is 0.453 e. The van der Waals surface area contributed by atoms with Crippen LogP contribution < -0.4 is 0 Å². The highest BCUT2D eigenvalue weighted by Crippen LogP contribution is 2.66. The van der Waals surface area contributed by atoms with Crippen LogP contribution in [-0.4, -0.2) is 52.9 Å². The van der Waals surface area contributed by atoms with E-state index in [4.69, 9.17) is 9.47 Å². The van der Waals surface area contributed by atoms with Gasteiger partial charge in [-0.1, -0.05) is 21.3 Å². The summed E-state index contributed by atoms with van der Waals surface area (Å²) in [4.78, 5) is 22.5. The predicted molar refractivity (Wildman–Crippen MR) is 108 cm³/mol. The van der Waals surface area contributed by atoms with Gasteiger partial charge in [0, 0.05) is 11.5 Å². The number of nitrogens with zero attached hydrogens (tertiary/aromatic N) is 3. The first kappa shape index (κ1) is 21.9. The van der Waals surface area contributed by atoms with Gasteiger partial charge in [-0.05, 0) is 50.4 Å². The Kier molecular flexibility index (Phi) is 6.18. The summed E-state index contributed by atoms with van der Waals surface area (Å²) in [6.07, 6.45) is 6.30. The maximum atomic E-state index is 13.2. The van der Waals surface area contributed by atoms with E-state index in [-0.39, 0.29) is 37.1 Å². The summed E-state index contributed by atoms with van der Waals surface area (Å²) in [5.41, 5.74) is -0.0131. The number of hydrogen-bond acceptors (Lipinski definition) is 5. The van der Waals surface area contributed by atoms with Gasteiger partial charge in [0.2, 0.25) is 0 Å². The second-order valence-electron chi connectivity index (χ2n) is 8.90. The number of methoxy groups -OCH3 is 1. The first-order valence-electron chi connectivity index (χ1n) is 10.3. The van der Waals surface area contributed by atoms with Gasteiger partial charge in [-0.3, -0.25) is 4.90 Å². The van der Waals surface area contributed by atoms with Crippen LogP contribution in [0.25, 0.3) is 0 Å². The van der Waals surface area contributed by atoms with Crippen molar-refractivity contribution in [3.8, 4) is 0 Å². The Hall–Kier alpha value is -1.76. The van der Waals surface area contributed by atoms with E-state index in [0.29, 0.717) is 24.4 Å². The second-order valence-corrected chi connectivity index (χ2v) is 8.90. The van der Waals surface area contributed by atoms with Gasteiger partial charge in [-0.15, -0.1) is 0 Å². The third kappa shape index (κ3) is 3.62. The molecule has 4 rings (SSSR count). The van der Waals surface area contributed by atoms with Gasteiger partial charge < -0.3 is 9.47 Å². The molecule has 29 heavy (non-hydrogen) atoms. The zero-order chi connectivity index (χ0) is 20.1. The van der Waals surface area contributed by atoms with Gasteiger partial charge in [-0.2, -0.15) is 0 Å². The standard InChI is InChI=1S/C21H30FN3O3.CH4/c1-12-7-13(2)25(20(26)27-4)18(12)11-28-16-5-6-21(14(3)17(21)8-16)19-23-9-15(22)10-24-19;/h9-10,12-14,16-18H,5-8,11H2,1-4H3;1H4/t12-,13+,14?,16-,17?,18-,21+;/m0./s1. The minimum atomic E-state index is -0.392. The fraction of sp³-hybridized carbons (Fsp3) is 0.773. The monoisotopic (exact) mass is 407 g/mol. The molecule has 1 aliphatic heterocycles. The Morgan fingerprint density at radius 2 is 1.97 bits per heavy atom. The number of amides is 1. The van der Waals surface area contributed by atoms with Crippen LogP contribution in [0.5, 0.6) is 0 Å². The summed E-state index contributed by atoms with van der Waals surface area (Å²) in [5, 5.41) is 0. The lowest BCUT2D eigenvalue weighted by Gasteiger charge is -2.32. The molecule has 2 unspecified atom stereocenters. The molecule has 0 bridgehead atoms. The lowest BCUT2D eigenvalue weighted by molar-refractivity contribution is -0.0132. The van der Waals surface area contributed by atoms with Crippen LogP contribution in [0.1, 0.15) is 59.7 Å². The summed E-state index contributed by atoms with van der Waals surface area (Å²) >= 11 is 0. The molecule has 1 amide bonds. The third-order valence-electron chi connectivity index (χ3n) is 7.49. The molecular formula is C22H34FN3O3. The molecule has 0 N–H and O–H groups in total. The highest BCUT2D eigenvalue weighted by Gasteiger charge is 2.66. The molecule has 7 atom stereocenters. The van der Waals surface area contributed by atoms with Crippen LogP contribution >= 0.6 is 0 Å². The van der Waals surface area contributed by atoms with Crippen LogP contribution in [0.3, 0.4) is 0 Å². The fourth-order valence-electron chi connectivity index (χ4n) is 5.85. The molecule has 3 fully saturated rings. The third-order valence-corrected chi connectivity index (χ3v) is 7.49. The maximum Gasteiger partial charge on any atom is 0.410 e. The zero-order valence-corrected chi connectivity index (χ0v) is 17.1. The van der Waals surface area contributed by atoms with Gasteiger partial charge in [-0.25, -0.2) is 19.2 Å². The average molecular weight is 408 g/mol. The normalized spacial score (nSPS) is 38.2. The Bertz CT molecular complexity index is 731. The van der Waals surface area contributed by atoms with Crippen LogP contribution in [0.15, 0.2) is 12.4 Å². The van der Waals surface area contributed by atoms with Gasteiger partial charge in [0.05, 0.1) is 38.3 Å². The van der Waals surface area contributed by atoms with E-state index in [0.717, 1.165) is 31.5 Å². The average Bonchev–Trinajstić information content (AvgIpc) is 3.17. The van der Waals surface area contributed by atoms with Gasteiger partial charge >= 0.3 is 6.09 Å². The Morgan fingerprint density at radius 3 is 2.59 bits per heavy atom. The molecule has 7 heteroatoms. The maximum absolute atomic E-state index is 13.2. The van der Waals surface area contributed by atoms with E-state index in [2.05, 4.69) is 30.7 Å². The zero-order valence-electron chi connectivity index (χ0n) is 17.1. The first-order valence-corrected chi connectivity index (χ1v) is 10.3. The molecule has 0 aromatic carbocycles. The smallest absolute Gasteiger partial charge is 0.410 e. The molecule has 1 aromatic rings. The number of carbonyl (C=O) groups is 1. The second kappa shape index (κ2) is 8.17. The summed E-state index contributed by atoms with van der Waals surface area (Å²) in [5.74, 6) is 1.75. The van der Waals surface area contributed by atoms with Crippen molar-refractivity contribution in [3.63, 3.8) is 0 Å². The topological polar surface area (TPSA) is 64.5 Å². The Labute approximate surface area is 173 Å². The number of fused-ring (bicyclic) bond motifs is 1.